The smallest absolute Gasteiger partial charge is 0.317 e. The molecule has 9 nitrogen and oxygen atoms in total. The van der Waals surface area contributed by atoms with Crippen LogP contribution in [0.2, 0.25) is 0 Å². The number of fused-ring (bicyclic) bond motifs is 3. The van der Waals surface area contributed by atoms with Gasteiger partial charge in [0.05, 0.1) is 19.8 Å². The molecule has 1 aromatic carbocycles. The second-order valence-electron chi connectivity index (χ2n) is 7.96. The van der Waals surface area contributed by atoms with Crippen molar-refractivity contribution in [1.29, 1.82) is 0 Å². The summed E-state index contributed by atoms with van der Waals surface area (Å²) < 4.78 is 10.4. The summed E-state index contributed by atoms with van der Waals surface area (Å²) in [6.07, 6.45) is 0. The average Bonchev–Trinajstić information content (AvgIpc) is 3.20. The van der Waals surface area contributed by atoms with Crippen LogP contribution in [-0.4, -0.2) is 94.3 Å². The van der Waals surface area contributed by atoms with Gasteiger partial charge in [0.25, 0.3) is 0 Å². The van der Waals surface area contributed by atoms with Gasteiger partial charge in [0, 0.05) is 58.5 Å². The molecule has 0 aliphatic carbocycles. The Bertz CT molecular complexity index is 840. The molecule has 30 heavy (non-hydrogen) atoms. The number of carbonyl (C=O) groups is 3. The van der Waals surface area contributed by atoms with Gasteiger partial charge in [0.2, 0.25) is 11.8 Å². The summed E-state index contributed by atoms with van der Waals surface area (Å²) in [6, 6.07) is 7.34. The van der Waals surface area contributed by atoms with Gasteiger partial charge >= 0.3 is 6.03 Å². The van der Waals surface area contributed by atoms with Crippen molar-refractivity contribution in [2.75, 3.05) is 71.6 Å². The first-order valence-electron chi connectivity index (χ1n) is 10.3. The number of morpholine rings is 1. The van der Waals surface area contributed by atoms with Crippen molar-refractivity contribution in [3.63, 3.8) is 0 Å². The number of methoxy groups -OCH3 is 1. The summed E-state index contributed by atoms with van der Waals surface area (Å²) >= 11 is 0. The van der Waals surface area contributed by atoms with E-state index in [-0.39, 0.29) is 30.3 Å². The van der Waals surface area contributed by atoms with E-state index < -0.39 is 5.41 Å². The number of nitrogens with zero attached hydrogens (tertiary/aromatic N) is 3. The Kier molecular flexibility index (Phi) is 5.66. The minimum absolute atomic E-state index is 0.0597. The minimum Gasteiger partial charge on any atom is -0.383 e. The lowest BCUT2D eigenvalue weighted by atomic mass is 9.69. The predicted octanol–water partition coefficient (Wildman–Crippen LogP) is 0.263. The van der Waals surface area contributed by atoms with Crippen LogP contribution in [0.4, 0.5) is 10.5 Å². The Balaban J connectivity index is 1.72. The van der Waals surface area contributed by atoms with E-state index in [0.29, 0.717) is 46.0 Å². The number of para-hydroxylation sites is 1. The van der Waals surface area contributed by atoms with Crippen molar-refractivity contribution in [1.82, 2.24) is 15.1 Å². The van der Waals surface area contributed by atoms with E-state index in [2.05, 4.69) is 5.32 Å². The Morgan fingerprint density at radius 1 is 1.23 bits per heavy atom. The molecular formula is C21H28N4O5. The lowest BCUT2D eigenvalue weighted by molar-refractivity contribution is -0.153. The number of carbonyl (C=O) groups excluding carboxylic acids is 3. The molecule has 2 saturated heterocycles. The van der Waals surface area contributed by atoms with E-state index in [4.69, 9.17) is 9.47 Å². The lowest BCUT2D eigenvalue weighted by Gasteiger charge is -2.44. The van der Waals surface area contributed by atoms with Gasteiger partial charge in [-0.1, -0.05) is 18.2 Å². The molecule has 162 valence electrons. The summed E-state index contributed by atoms with van der Waals surface area (Å²) in [5.74, 6) is -0.856. The topological polar surface area (TPSA) is 91.4 Å². The highest BCUT2D eigenvalue weighted by molar-refractivity contribution is 6.15. The fourth-order valence-corrected chi connectivity index (χ4v) is 4.81. The third-order valence-electron chi connectivity index (χ3n) is 6.35. The van der Waals surface area contributed by atoms with E-state index in [1.54, 1.807) is 28.9 Å². The quantitative estimate of drug-likeness (QED) is 0.562. The second-order valence-corrected chi connectivity index (χ2v) is 7.96. The highest BCUT2D eigenvalue weighted by atomic mass is 16.5. The van der Waals surface area contributed by atoms with Gasteiger partial charge in [0.1, 0.15) is 0 Å². The second kappa shape index (κ2) is 8.23. The van der Waals surface area contributed by atoms with Gasteiger partial charge in [-0.2, -0.15) is 0 Å². The van der Waals surface area contributed by atoms with Crippen molar-refractivity contribution in [3.8, 4) is 0 Å². The summed E-state index contributed by atoms with van der Waals surface area (Å²) in [5.41, 5.74) is 0.395. The van der Waals surface area contributed by atoms with E-state index in [9.17, 15) is 14.4 Å². The van der Waals surface area contributed by atoms with E-state index >= 15 is 0 Å². The minimum atomic E-state index is -1.32. The average molecular weight is 416 g/mol. The SMILES string of the molecule is COCCNC(=O)N1CC2c3ccccc3N(C)C(=O)C2(C(=O)N2CCOCC2)C1. The molecule has 3 heterocycles. The summed E-state index contributed by atoms with van der Waals surface area (Å²) in [5, 5.41) is 2.81. The summed E-state index contributed by atoms with van der Waals surface area (Å²) in [6.45, 7) is 2.94. The standard InChI is InChI=1S/C21H28N4O5/c1-23-17-6-4-3-5-15(17)16-13-25(20(28)22-7-10-29-2)14-21(16,18(23)26)19(27)24-8-11-30-12-9-24/h3-6,16H,7-14H2,1-2H3,(H,22,28). The molecule has 3 aliphatic rings. The first-order chi connectivity index (χ1) is 14.5. The molecule has 0 spiro atoms. The molecule has 1 N–H and O–H groups in total. The zero-order valence-corrected chi connectivity index (χ0v) is 17.4. The van der Waals surface area contributed by atoms with Gasteiger partial charge in [-0.15, -0.1) is 0 Å². The van der Waals surface area contributed by atoms with Crippen LogP contribution in [0.1, 0.15) is 11.5 Å². The van der Waals surface area contributed by atoms with Crippen LogP contribution in [0.3, 0.4) is 0 Å². The lowest BCUT2D eigenvalue weighted by Crippen LogP contribution is -2.60. The molecular weight excluding hydrogens is 388 g/mol. The van der Waals surface area contributed by atoms with Gasteiger partial charge in [-0.25, -0.2) is 4.79 Å². The largest absolute Gasteiger partial charge is 0.383 e. The van der Waals surface area contributed by atoms with Gasteiger partial charge < -0.3 is 29.5 Å². The van der Waals surface area contributed by atoms with Crippen LogP contribution in [0.25, 0.3) is 0 Å². The maximum absolute atomic E-state index is 13.8. The molecule has 0 radical (unpaired) electrons. The molecule has 0 aromatic heterocycles. The molecule has 3 aliphatic heterocycles. The third kappa shape index (κ3) is 3.22. The number of hydrogen-bond acceptors (Lipinski definition) is 5. The summed E-state index contributed by atoms with van der Waals surface area (Å²) in [4.78, 5) is 45.1. The number of hydrogen-bond donors (Lipinski definition) is 1. The molecule has 2 unspecified atom stereocenters. The van der Waals surface area contributed by atoms with Crippen molar-refractivity contribution in [2.45, 2.75) is 5.92 Å². The Morgan fingerprint density at radius 3 is 2.70 bits per heavy atom. The molecule has 4 amide bonds. The van der Waals surface area contributed by atoms with Crippen molar-refractivity contribution in [3.05, 3.63) is 29.8 Å². The number of benzene rings is 1. The van der Waals surface area contributed by atoms with Crippen LogP contribution < -0.4 is 10.2 Å². The normalized spacial score (nSPS) is 25.7. The molecule has 0 bridgehead atoms. The maximum Gasteiger partial charge on any atom is 0.317 e. The molecule has 9 heteroatoms. The van der Waals surface area contributed by atoms with E-state index in [1.165, 1.54) is 0 Å². The van der Waals surface area contributed by atoms with Crippen LogP contribution in [0, 0.1) is 5.41 Å². The van der Waals surface area contributed by atoms with Crippen LogP contribution in [0.15, 0.2) is 24.3 Å². The predicted molar refractivity (Wildman–Crippen MR) is 109 cm³/mol. The van der Waals surface area contributed by atoms with Crippen LogP contribution >= 0.6 is 0 Å². The fraction of sp³-hybridized carbons (Fsp3) is 0.571. The zero-order chi connectivity index (χ0) is 21.3. The molecule has 0 saturated carbocycles. The number of amides is 4. The van der Waals surface area contributed by atoms with Crippen molar-refractivity contribution >= 4 is 23.5 Å². The van der Waals surface area contributed by atoms with Gasteiger partial charge in [-0.3, -0.25) is 9.59 Å². The third-order valence-corrected chi connectivity index (χ3v) is 6.35. The van der Waals surface area contributed by atoms with Crippen molar-refractivity contribution in [2.24, 2.45) is 5.41 Å². The number of urea groups is 1. The Labute approximate surface area is 175 Å². The maximum atomic E-state index is 13.8. The monoisotopic (exact) mass is 416 g/mol. The number of likely N-dealkylation sites (tertiary alicyclic amines) is 1. The number of ether oxygens (including phenoxy) is 2. The van der Waals surface area contributed by atoms with Crippen molar-refractivity contribution < 1.29 is 23.9 Å². The van der Waals surface area contributed by atoms with Crippen LogP contribution in [-0.2, 0) is 19.1 Å². The first-order valence-corrected chi connectivity index (χ1v) is 10.3. The Hall–Kier alpha value is -2.65. The fourth-order valence-electron chi connectivity index (χ4n) is 4.81. The first kappa shape index (κ1) is 20.6. The van der Waals surface area contributed by atoms with E-state index in [0.717, 1.165) is 11.3 Å². The van der Waals surface area contributed by atoms with E-state index in [1.807, 2.05) is 24.3 Å². The Morgan fingerprint density at radius 2 is 1.97 bits per heavy atom. The van der Waals surface area contributed by atoms with Gasteiger partial charge in [-0.05, 0) is 11.6 Å². The highest BCUT2D eigenvalue weighted by Gasteiger charge is 2.63. The number of rotatable bonds is 4. The van der Waals surface area contributed by atoms with Gasteiger partial charge in [0.15, 0.2) is 5.41 Å². The molecule has 1 aromatic rings. The summed E-state index contributed by atoms with van der Waals surface area (Å²) in [7, 11) is 3.27. The highest BCUT2D eigenvalue weighted by Crippen LogP contribution is 2.52. The molecule has 4 rings (SSSR count). The van der Waals surface area contributed by atoms with Crippen LogP contribution in [0.5, 0.6) is 0 Å². The molecule has 2 atom stereocenters. The zero-order valence-electron chi connectivity index (χ0n) is 17.4. The molecule has 2 fully saturated rings. The number of nitrogens with one attached hydrogen (secondary N) is 1. The number of anilines is 1.